The van der Waals surface area contributed by atoms with Gasteiger partial charge in [-0.15, -0.1) is 0 Å². The van der Waals surface area contributed by atoms with Crippen LogP contribution in [0.1, 0.15) is 145 Å². The Labute approximate surface area is 392 Å². The Morgan fingerprint density at radius 1 is 1.04 bits per heavy atom. The lowest BCUT2D eigenvalue weighted by Crippen LogP contribution is -2.63. The molecule has 3 aromatic rings. The zero-order valence-corrected chi connectivity index (χ0v) is 41.0. The van der Waals surface area contributed by atoms with Crippen molar-refractivity contribution in [2.75, 3.05) is 57.9 Å². The first-order valence-corrected chi connectivity index (χ1v) is 24.7. The van der Waals surface area contributed by atoms with Crippen LogP contribution in [0.4, 0.5) is 28.2 Å². The van der Waals surface area contributed by atoms with E-state index in [1.165, 1.54) is 26.3 Å². The van der Waals surface area contributed by atoms with E-state index in [0.717, 1.165) is 25.7 Å². The molecule has 6 heterocycles. The summed E-state index contributed by atoms with van der Waals surface area (Å²) in [5, 5.41) is 4.78. The highest BCUT2D eigenvalue weighted by Crippen LogP contribution is 2.48. The number of methoxy groups -OCH3 is 1. The van der Waals surface area contributed by atoms with E-state index in [2.05, 4.69) is 14.7 Å². The molecule has 15 nitrogen and oxygen atoms in total. The van der Waals surface area contributed by atoms with E-state index in [4.69, 9.17) is 28.9 Å². The zero-order valence-electron chi connectivity index (χ0n) is 40.2. The summed E-state index contributed by atoms with van der Waals surface area (Å²) in [5.41, 5.74) is -2.64. The Hall–Kier alpha value is -4.14. The topological polar surface area (TPSA) is 153 Å². The first-order valence-electron chi connectivity index (χ1n) is 23.5. The summed E-state index contributed by atoms with van der Waals surface area (Å²) in [6.45, 7) is 16.7. The van der Waals surface area contributed by atoms with Crippen molar-refractivity contribution >= 4 is 39.8 Å². The van der Waals surface area contributed by atoms with Gasteiger partial charge in [-0.3, -0.25) is 9.80 Å². The minimum Gasteiger partial charge on any atom is -0.465 e. The predicted octanol–water partition coefficient (Wildman–Crippen LogP) is 8.16. The van der Waals surface area contributed by atoms with Crippen molar-refractivity contribution in [3.63, 3.8) is 0 Å². The number of nitrogens with one attached hydrogen (secondary N) is 1. The number of alkyl halides is 4. The molecule has 1 amide bonds. The number of rotatable bonds is 13. The van der Waals surface area contributed by atoms with Crippen molar-refractivity contribution in [1.82, 2.24) is 34.3 Å². The molecule has 0 radical (unpaired) electrons. The number of anilines is 1. The van der Waals surface area contributed by atoms with Gasteiger partial charge in [0.1, 0.15) is 17.3 Å². The summed E-state index contributed by atoms with van der Waals surface area (Å²) in [6.07, 6.45) is 0.0671. The number of nitrogens with zero attached hydrogens (tertiary/aromatic N) is 7. The molecule has 370 valence electrons. The van der Waals surface area contributed by atoms with Gasteiger partial charge in [0.05, 0.1) is 70.0 Å². The minimum atomic E-state index is -4.87. The largest absolute Gasteiger partial charge is 0.465 e. The van der Waals surface area contributed by atoms with Crippen LogP contribution in [0.2, 0.25) is 0 Å². The highest BCUT2D eigenvalue weighted by Gasteiger charge is 2.53. The molecule has 4 aliphatic heterocycles. The molecule has 6 atom stereocenters. The van der Waals surface area contributed by atoms with Gasteiger partial charge in [0.15, 0.2) is 12.0 Å². The molecule has 1 aliphatic carbocycles. The number of amides is 1. The van der Waals surface area contributed by atoms with Crippen LogP contribution >= 0.6 is 0 Å². The van der Waals surface area contributed by atoms with Crippen LogP contribution in [0.3, 0.4) is 0 Å². The highest BCUT2D eigenvalue weighted by atomic mass is 32.2. The van der Waals surface area contributed by atoms with E-state index in [1.54, 1.807) is 30.4 Å². The molecule has 2 bridgehead atoms. The van der Waals surface area contributed by atoms with E-state index < -0.39 is 69.1 Å². The van der Waals surface area contributed by atoms with Crippen LogP contribution in [0.15, 0.2) is 12.3 Å². The number of aryl methyl sites for hydroxylation is 1. The van der Waals surface area contributed by atoms with Gasteiger partial charge < -0.3 is 23.8 Å². The van der Waals surface area contributed by atoms with Gasteiger partial charge >= 0.3 is 24.2 Å². The van der Waals surface area contributed by atoms with Crippen LogP contribution in [0, 0.1) is 12.3 Å². The average Bonchev–Trinajstić information content (AvgIpc) is 3.56. The van der Waals surface area contributed by atoms with Crippen molar-refractivity contribution in [3.8, 4) is 6.01 Å². The van der Waals surface area contributed by atoms with Crippen molar-refractivity contribution in [2.24, 2.45) is 5.41 Å². The third-order valence-electron chi connectivity index (χ3n) is 13.8. The number of hydrogen-bond donors (Lipinski definition) is 1. The second-order valence-electron chi connectivity index (χ2n) is 21.6. The monoisotopic (exact) mass is 962 g/mol. The summed E-state index contributed by atoms with van der Waals surface area (Å²) in [5.74, 6) is -0.692. The number of piperazine rings is 1. The number of benzene rings is 1. The third kappa shape index (κ3) is 10.4. The molecule has 8 rings (SSSR count). The van der Waals surface area contributed by atoms with Gasteiger partial charge in [0, 0.05) is 56.6 Å². The molecule has 67 heavy (non-hydrogen) atoms. The summed E-state index contributed by atoms with van der Waals surface area (Å²) < 4.78 is 103. The maximum Gasteiger partial charge on any atom is 0.417 e. The SMILES string of the molecule is COC(=O)c1c(CC(NS(=O)C(C)(C)C)c2c(C(F)(F)F)c(C)cc3c2cnn3C2CCCCO2)nc(OCC2(CN3CC[C@@H](F)C3)CC2)nc1N1C[C@H]2CCC(C)(C1)N2C(=O)OC(C)(C)C. The maximum atomic E-state index is 15.6. The molecule has 20 heteroatoms. The van der Waals surface area contributed by atoms with Gasteiger partial charge in [-0.1, -0.05) is 0 Å². The van der Waals surface area contributed by atoms with Crippen LogP contribution in [-0.4, -0.2) is 127 Å². The highest BCUT2D eigenvalue weighted by molar-refractivity contribution is 7.84. The van der Waals surface area contributed by atoms with Crippen molar-refractivity contribution in [3.05, 3.63) is 40.2 Å². The number of esters is 1. The maximum absolute atomic E-state index is 15.6. The van der Waals surface area contributed by atoms with Gasteiger partial charge in [-0.05, 0) is 124 Å². The second-order valence-corrected chi connectivity index (χ2v) is 23.5. The Kier molecular flexibility index (Phi) is 13.5. The zero-order chi connectivity index (χ0) is 48.4. The predicted molar refractivity (Wildman–Crippen MR) is 244 cm³/mol. The molecule has 1 aromatic carbocycles. The van der Waals surface area contributed by atoms with E-state index in [1.807, 2.05) is 32.6 Å². The molecule has 4 unspecified atom stereocenters. The number of hydrogen-bond acceptors (Lipinski definition) is 12. The van der Waals surface area contributed by atoms with E-state index >= 15 is 13.2 Å². The molecular weight excluding hydrogens is 897 g/mol. The second kappa shape index (κ2) is 18.3. The summed E-state index contributed by atoms with van der Waals surface area (Å²) in [6, 6.07) is -0.350. The van der Waals surface area contributed by atoms with E-state index in [0.29, 0.717) is 57.4 Å². The van der Waals surface area contributed by atoms with Gasteiger partial charge in [-0.2, -0.15) is 28.2 Å². The number of carbonyl (C=O) groups is 2. The molecule has 0 spiro atoms. The minimum absolute atomic E-state index is 0.0118. The van der Waals surface area contributed by atoms with Crippen LogP contribution < -0.4 is 14.4 Å². The van der Waals surface area contributed by atoms with Gasteiger partial charge in [-0.25, -0.2) is 27.6 Å². The van der Waals surface area contributed by atoms with Crippen LogP contribution in [0.5, 0.6) is 6.01 Å². The lowest BCUT2D eigenvalue weighted by Gasteiger charge is -2.47. The quantitative estimate of drug-likeness (QED) is 0.130. The van der Waals surface area contributed by atoms with E-state index in [-0.39, 0.29) is 77.2 Å². The fourth-order valence-corrected chi connectivity index (χ4v) is 11.2. The third-order valence-corrected chi connectivity index (χ3v) is 15.4. The number of ether oxygens (including phenoxy) is 4. The lowest BCUT2D eigenvalue weighted by atomic mass is 9.89. The van der Waals surface area contributed by atoms with Crippen molar-refractivity contribution in [2.45, 2.75) is 160 Å². The van der Waals surface area contributed by atoms with Crippen molar-refractivity contribution in [1.29, 1.82) is 0 Å². The normalized spacial score (nSPS) is 25.4. The lowest BCUT2D eigenvalue weighted by molar-refractivity contribution is -0.138. The molecular formula is C47H66F4N8O7S. The standard InChI is InChI=1S/C47H66F4N8O7S/c1-28-20-34-31(22-52-59(34)35-12-10-11-19-64-35)36(38(28)47(49,50)51)33(55-67(62)44(5,6)7)21-32-37(40(60)63-9)39(54-41(53-32)65-27-46(16-17-46)26-56-18-14-29(48)23-56)57-24-30-13-15-45(8,25-57)58(30)42(61)66-43(2,3)4/h20,22,29-30,33,35,55H,10-19,21,23-27H2,1-9H3/t29-,30-,33?,35?,45?,67?/m1/s1. The Bertz CT molecular complexity index is 2380. The number of aromatic nitrogens is 4. The molecule has 2 aromatic heterocycles. The first-order chi connectivity index (χ1) is 31.4. The van der Waals surface area contributed by atoms with Gasteiger partial charge in [0.25, 0.3) is 0 Å². The smallest absolute Gasteiger partial charge is 0.417 e. The molecule has 5 aliphatic rings. The van der Waals surface area contributed by atoms with Crippen LogP contribution in [-0.2, 0) is 37.8 Å². The Morgan fingerprint density at radius 3 is 2.39 bits per heavy atom. The molecule has 4 saturated heterocycles. The Balaban J connectivity index is 1.27. The summed E-state index contributed by atoms with van der Waals surface area (Å²) in [7, 11) is -0.735. The summed E-state index contributed by atoms with van der Waals surface area (Å²) >= 11 is 0. The number of fused-ring (bicyclic) bond motifs is 3. The van der Waals surface area contributed by atoms with E-state index in [9.17, 15) is 18.2 Å². The number of likely N-dealkylation sites (tertiary alicyclic amines) is 1. The van der Waals surface area contributed by atoms with Crippen LogP contribution in [0.25, 0.3) is 10.9 Å². The van der Waals surface area contributed by atoms with Crippen molar-refractivity contribution < 1.29 is 50.3 Å². The molecule has 1 N–H and O–H groups in total. The average molecular weight is 963 g/mol. The molecule has 1 saturated carbocycles. The fraction of sp³-hybridized carbons (Fsp3) is 0.723. The van der Waals surface area contributed by atoms with Gasteiger partial charge in [0.2, 0.25) is 0 Å². The summed E-state index contributed by atoms with van der Waals surface area (Å²) in [4.78, 5) is 43.6. The number of carbonyl (C=O) groups excluding carboxylic acids is 2. The fourth-order valence-electron chi connectivity index (χ4n) is 10.4. The Morgan fingerprint density at radius 2 is 1.79 bits per heavy atom. The number of halogens is 4. The first kappa shape index (κ1) is 49.3. The molecule has 5 fully saturated rings.